The van der Waals surface area contributed by atoms with E-state index in [4.69, 9.17) is 16.3 Å². The third-order valence-corrected chi connectivity index (χ3v) is 4.06. The van der Waals surface area contributed by atoms with E-state index in [1.54, 1.807) is 42.5 Å². The Bertz CT molecular complexity index is 1040. The van der Waals surface area contributed by atoms with Crippen LogP contribution in [0.5, 0.6) is 5.75 Å². The summed E-state index contributed by atoms with van der Waals surface area (Å²) >= 11 is 6.20. The van der Waals surface area contributed by atoms with Gasteiger partial charge in [0.2, 0.25) is 5.82 Å². The summed E-state index contributed by atoms with van der Waals surface area (Å²) < 4.78 is 5.39. The highest BCUT2D eigenvalue weighted by atomic mass is 35.5. The molecule has 2 N–H and O–H groups in total. The largest absolute Gasteiger partial charge is 0.494 e. The number of hydrogen-bond acceptors (Lipinski definition) is 7. The van der Waals surface area contributed by atoms with Crippen molar-refractivity contribution in [1.29, 1.82) is 5.26 Å². The van der Waals surface area contributed by atoms with Gasteiger partial charge >= 0.3 is 0 Å². The van der Waals surface area contributed by atoms with Gasteiger partial charge in [0.25, 0.3) is 0 Å². The topological polar surface area (TPSA) is 117 Å². The van der Waals surface area contributed by atoms with Crippen LogP contribution in [0.4, 0.5) is 5.69 Å². The van der Waals surface area contributed by atoms with E-state index in [-0.39, 0.29) is 17.2 Å². The first-order chi connectivity index (χ1) is 13.6. The zero-order valence-corrected chi connectivity index (χ0v) is 15.6. The molecule has 0 atom stereocenters. The fourth-order valence-electron chi connectivity index (χ4n) is 2.39. The van der Waals surface area contributed by atoms with Gasteiger partial charge in [-0.3, -0.25) is 4.79 Å². The highest BCUT2D eigenvalue weighted by Gasteiger charge is 2.12. The summed E-state index contributed by atoms with van der Waals surface area (Å²) in [6.45, 7) is 2.45. The third kappa shape index (κ3) is 4.34. The molecule has 0 spiro atoms. The fourth-order valence-corrected chi connectivity index (χ4v) is 2.56. The SMILES string of the molecule is CCOc1ccc(C(=O)c2ccc(Cl)c(NC=C(C#N)c3nn[nH]n3)c2)cc1. The molecule has 0 radical (unpaired) electrons. The number of allylic oxidation sites excluding steroid dienone is 1. The van der Waals surface area contributed by atoms with Gasteiger partial charge in [-0.1, -0.05) is 11.6 Å². The Morgan fingerprint density at radius 3 is 2.68 bits per heavy atom. The lowest BCUT2D eigenvalue weighted by Gasteiger charge is -2.08. The van der Waals surface area contributed by atoms with E-state index in [0.717, 1.165) is 0 Å². The number of benzene rings is 2. The first kappa shape index (κ1) is 19.1. The number of anilines is 1. The van der Waals surface area contributed by atoms with Crippen LogP contribution in [0.3, 0.4) is 0 Å². The van der Waals surface area contributed by atoms with Crippen LogP contribution in [0.2, 0.25) is 5.02 Å². The molecule has 3 rings (SSSR count). The van der Waals surface area contributed by atoms with Crippen molar-refractivity contribution in [3.63, 3.8) is 0 Å². The Hall–Kier alpha value is -3.70. The monoisotopic (exact) mass is 394 g/mol. The van der Waals surface area contributed by atoms with E-state index in [1.807, 2.05) is 13.0 Å². The lowest BCUT2D eigenvalue weighted by Crippen LogP contribution is -2.03. The molecule has 28 heavy (non-hydrogen) atoms. The van der Waals surface area contributed by atoms with Crippen molar-refractivity contribution in [2.45, 2.75) is 6.92 Å². The van der Waals surface area contributed by atoms with E-state index in [1.165, 1.54) is 6.20 Å². The number of aromatic nitrogens is 4. The molecule has 8 nitrogen and oxygen atoms in total. The number of carbonyl (C=O) groups is 1. The van der Waals surface area contributed by atoms with Crippen molar-refractivity contribution >= 4 is 28.6 Å². The summed E-state index contributed by atoms with van der Waals surface area (Å²) in [5.41, 5.74) is 1.60. The van der Waals surface area contributed by atoms with E-state index in [0.29, 0.717) is 34.2 Å². The highest BCUT2D eigenvalue weighted by molar-refractivity contribution is 6.33. The average molecular weight is 395 g/mol. The normalized spacial score (nSPS) is 11.0. The Labute approximate surface area is 165 Å². The number of nitriles is 1. The molecule has 0 saturated carbocycles. The van der Waals surface area contributed by atoms with Gasteiger partial charge in [-0.05, 0) is 54.6 Å². The number of nitrogens with zero attached hydrogens (tertiary/aromatic N) is 4. The van der Waals surface area contributed by atoms with Gasteiger partial charge in [0.1, 0.15) is 17.4 Å². The maximum absolute atomic E-state index is 12.7. The number of tetrazole rings is 1. The quantitative estimate of drug-likeness (QED) is 0.465. The van der Waals surface area contributed by atoms with Crippen LogP contribution >= 0.6 is 11.6 Å². The van der Waals surface area contributed by atoms with Gasteiger partial charge in [-0.15, -0.1) is 10.2 Å². The van der Waals surface area contributed by atoms with Crippen LogP contribution in [0, 0.1) is 11.3 Å². The minimum absolute atomic E-state index is 0.146. The molecule has 9 heteroatoms. The molecule has 140 valence electrons. The molecule has 0 saturated heterocycles. The molecule has 0 bridgehead atoms. The zero-order chi connectivity index (χ0) is 19.9. The van der Waals surface area contributed by atoms with Crippen molar-refractivity contribution in [1.82, 2.24) is 20.6 Å². The smallest absolute Gasteiger partial charge is 0.216 e. The Kier molecular flexibility index (Phi) is 5.99. The lowest BCUT2D eigenvalue weighted by molar-refractivity contribution is 0.103. The molecule has 1 aromatic heterocycles. The summed E-state index contributed by atoms with van der Waals surface area (Å²) in [7, 11) is 0. The number of aromatic amines is 1. The molecule has 0 amide bonds. The van der Waals surface area contributed by atoms with Crippen LogP contribution in [0.15, 0.2) is 48.7 Å². The Morgan fingerprint density at radius 2 is 2.04 bits per heavy atom. The maximum atomic E-state index is 12.7. The molecule has 0 fully saturated rings. The zero-order valence-electron chi connectivity index (χ0n) is 14.8. The van der Waals surface area contributed by atoms with Crippen molar-refractivity contribution in [2.75, 3.05) is 11.9 Å². The second kappa shape index (κ2) is 8.79. The standard InChI is InChI=1S/C19H15ClN6O2/c1-2-28-15-6-3-12(4-7-15)18(27)13-5-8-16(20)17(9-13)22-11-14(10-21)19-23-25-26-24-19/h3-9,11,22H,2H2,1H3,(H,23,24,25,26). The predicted molar refractivity (Wildman–Crippen MR) is 104 cm³/mol. The van der Waals surface area contributed by atoms with Crippen molar-refractivity contribution in [2.24, 2.45) is 0 Å². The van der Waals surface area contributed by atoms with E-state index in [2.05, 4.69) is 25.9 Å². The molecule has 2 aromatic carbocycles. The van der Waals surface area contributed by atoms with Gasteiger partial charge < -0.3 is 10.1 Å². The van der Waals surface area contributed by atoms with Crippen molar-refractivity contribution < 1.29 is 9.53 Å². The van der Waals surface area contributed by atoms with Gasteiger partial charge in [-0.2, -0.15) is 10.5 Å². The molecule has 0 unspecified atom stereocenters. The number of rotatable bonds is 7. The average Bonchev–Trinajstić information content (AvgIpc) is 3.25. The molecule has 0 aliphatic rings. The third-order valence-electron chi connectivity index (χ3n) is 3.73. The summed E-state index contributed by atoms with van der Waals surface area (Å²) in [5, 5.41) is 25.7. The fraction of sp³-hybridized carbons (Fsp3) is 0.105. The predicted octanol–water partition coefficient (Wildman–Crippen LogP) is 3.46. The number of carbonyl (C=O) groups excluding carboxylic acids is 1. The minimum Gasteiger partial charge on any atom is -0.494 e. The number of halogens is 1. The van der Waals surface area contributed by atoms with Crippen LogP contribution in [-0.4, -0.2) is 33.0 Å². The summed E-state index contributed by atoms with van der Waals surface area (Å²) in [6, 6.07) is 13.7. The van der Waals surface area contributed by atoms with Crippen LogP contribution in [0.25, 0.3) is 5.57 Å². The summed E-state index contributed by atoms with van der Waals surface area (Å²) in [6.07, 6.45) is 1.40. The van der Waals surface area contributed by atoms with Crippen molar-refractivity contribution in [3.05, 3.63) is 70.6 Å². The number of hydrogen-bond donors (Lipinski definition) is 2. The van der Waals surface area contributed by atoms with Gasteiger partial charge in [0.05, 0.1) is 17.3 Å². The maximum Gasteiger partial charge on any atom is 0.216 e. The number of ketones is 1. The lowest BCUT2D eigenvalue weighted by atomic mass is 10.0. The van der Waals surface area contributed by atoms with Gasteiger partial charge in [0.15, 0.2) is 5.78 Å². The van der Waals surface area contributed by atoms with Crippen LogP contribution in [-0.2, 0) is 0 Å². The molecule has 1 heterocycles. The molecule has 0 aliphatic carbocycles. The minimum atomic E-state index is -0.162. The molecular formula is C19H15ClN6O2. The number of ether oxygens (including phenoxy) is 1. The van der Waals surface area contributed by atoms with Gasteiger partial charge in [-0.25, -0.2) is 0 Å². The summed E-state index contributed by atoms with van der Waals surface area (Å²) in [4.78, 5) is 12.7. The molecular weight excluding hydrogens is 380 g/mol. The van der Waals surface area contributed by atoms with Crippen LogP contribution < -0.4 is 10.1 Å². The highest BCUT2D eigenvalue weighted by Crippen LogP contribution is 2.25. The Morgan fingerprint density at radius 1 is 1.29 bits per heavy atom. The molecule has 0 aliphatic heterocycles. The van der Waals surface area contributed by atoms with Crippen LogP contribution in [0.1, 0.15) is 28.7 Å². The van der Waals surface area contributed by atoms with E-state index in [9.17, 15) is 10.1 Å². The second-order valence-corrected chi connectivity index (χ2v) is 5.94. The van der Waals surface area contributed by atoms with Crippen molar-refractivity contribution in [3.8, 4) is 11.8 Å². The Balaban J connectivity index is 1.83. The van der Waals surface area contributed by atoms with E-state index < -0.39 is 0 Å². The second-order valence-electron chi connectivity index (χ2n) is 5.53. The summed E-state index contributed by atoms with van der Waals surface area (Å²) in [5.74, 6) is 0.686. The van der Waals surface area contributed by atoms with E-state index >= 15 is 0 Å². The first-order valence-electron chi connectivity index (χ1n) is 8.30. The van der Waals surface area contributed by atoms with Gasteiger partial charge in [0, 0.05) is 17.3 Å². The molecule has 3 aromatic rings. The first-order valence-corrected chi connectivity index (χ1v) is 8.68. The number of H-pyrrole nitrogens is 1. The number of nitrogens with one attached hydrogen (secondary N) is 2.